The highest BCUT2D eigenvalue weighted by Crippen LogP contribution is 2.25. The average molecular weight is 444 g/mol. The Labute approximate surface area is 181 Å². The third-order valence-electron chi connectivity index (χ3n) is 4.62. The highest BCUT2D eigenvalue weighted by atomic mass is 32.2. The first-order valence-electron chi connectivity index (χ1n) is 9.87. The van der Waals surface area contributed by atoms with E-state index < -0.39 is 21.0 Å². The molecule has 0 spiro atoms. The van der Waals surface area contributed by atoms with Crippen LogP contribution < -0.4 is 10.1 Å². The van der Waals surface area contributed by atoms with Gasteiger partial charge in [-0.1, -0.05) is 37.1 Å². The molecule has 1 amide bonds. The van der Waals surface area contributed by atoms with E-state index in [4.69, 9.17) is 9.15 Å². The van der Waals surface area contributed by atoms with E-state index in [0.29, 0.717) is 17.2 Å². The number of anilines is 1. The minimum absolute atomic E-state index is 0.0984. The summed E-state index contributed by atoms with van der Waals surface area (Å²) < 4.78 is 35.7. The lowest BCUT2D eigenvalue weighted by atomic mass is 10.0. The molecule has 0 fully saturated rings. The quantitative estimate of drug-likeness (QED) is 0.559. The van der Waals surface area contributed by atoms with Crippen LogP contribution in [-0.4, -0.2) is 36.4 Å². The molecular weight excluding hydrogens is 418 g/mol. The van der Waals surface area contributed by atoms with Gasteiger partial charge in [-0.2, -0.15) is 0 Å². The number of hydrogen-bond donors (Lipinski definition) is 1. The fraction of sp³-hybridized carbons (Fsp3) is 0.318. The summed E-state index contributed by atoms with van der Waals surface area (Å²) in [6.45, 7) is 7.20. The second kappa shape index (κ2) is 9.30. The zero-order chi connectivity index (χ0) is 22.6. The van der Waals surface area contributed by atoms with Crippen LogP contribution in [0.15, 0.2) is 57.8 Å². The zero-order valence-electron chi connectivity index (χ0n) is 17.8. The van der Waals surface area contributed by atoms with Crippen molar-refractivity contribution in [3.63, 3.8) is 0 Å². The average Bonchev–Trinajstić information content (AvgIpc) is 3.21. The lowest BCUT2D eigenvalue weighted by Crippen LogP contribution is -2.20. The van der Waals surface area contributed by atoms with E-state index in [1.807, 2.05) is 24.3 Å². The molecule has 1 N–H and O–H groups in total. The summed E-state index contributed by atoms with van der Waals surface area (Å²) in [6.07, 6.45) is 0. The third-order valence-corrected chi connectivity index (χ3v) is 6.77. The molecule has 0 radical (unpaired) electrons. The molecule has 0 atom stereocenters. The second-order valence-corrected chi connectivity index (χ2v) is 10.1. The predicted octanol–water partition coefficient (Wildman–Crippen LogP) is 4.06. The fourth-order valence-electron chi connectivity index (χ4n) is 2.72. The normalized spacial score (nSPS) is 11.7. The molecular formula is C22H25N3O5S. The number of sulfone groups is 1. The Balaban J connectivity index is 1.63. The van der Waals surface area contributed by atoms with Gasteiger partial charge >= 0.3 is 6.01 Å². The van der Waals surface area contributed by atoms with E-state index in [1.54, 1.807) is 26.0 Å². The molecule has 2 aromatic carbocycles. The van der Waals surface area contributed by atoms with Crippen molar-refractivity contribution in [1.82, 2.24) is 10.2 Å². The predicted molar refractivity (Wildman–Crippen MR) is 117 cm³/mol. The number of nitrogens with zero attached hydrogens (tertiary/aromatic N) is 2. The maximum Gasteiger partial charge on any atom is 0.322 e. The summed E-state index contributed by atoms with van der Waals surface area (Å²) in [4.78, 5) is 12.3. The minimum atomic E-state index is -3.44. The Kier molecular flexibility index (Phi) is 6.74. The first-order chi connectivity index (χ1) is 14.7. The van der Waals surface area contributed by atoms with Gasteiger partial charge in [-0.15, -0.1) is 5.10 Å². The van der Waals surface area contributed by atoms with Gasteiger partial charge in [0, 0.05) is 5.56 Å². The number of carbonyl (C=O) groups excluding carboxylic acids is 1. The van der Waals surface area contributed by atoms with Gasteiger partial charge < -0.3 is 9.15 Å². The van der Waals surface area contributed by atoms with Crippen LogP contribution in [0.25, 0.3) is 11.5 Å². The van der Waals surface area contributed by atoms with Crippen LogP contribution in [0, 0.1) is 0 Å². The van der Waals surface area contributed by atoms with Crippen molar-refractivity contribution in [2.24, 2.45) is 0 Å². The van der Waals surface area contributed by atoms with Crippen LogP contribution >= 0.6 is 0 Å². The zero-order valence-corrected chi connectivity index (χ0v) is 18.6. The summed E-state index contributed by atoms with van der Waals surface area (Å²) in [5, 5.41) is 9.60. The molecule has 8 nitrogen and oxygen atoms in total. The Morgan fingerprint density at radius 1 is 1.06 bits per heavy atom. The first kappa shape index (κ1) is 22.5. The highest BCUT2D eigenvalue weighted by Gasteiger charge is 2.20. The third kappa shape index (κ3) is 5.49. The number of benzene rings is 2. The summed E-state index contributed by atoms with van der Waals surface area (Å²) in [5.74, 6) is 0.629. The summed E-state index contributed by atoms with van der Waals surface area (Å²) in [6, 6.07) is 13.7. The van der Waals surface area contributed by atoms with Crippen LogP contribution in [0.4, 0.5) is 6.01 Å². The summed E-state index contributed by atoms with van der Waals surface area (Å²) in [5.41, 5.74) is 1.62. The lowest BCUT2D eigenvalue weighted by Gasteiger charge is -2.08. The molecule has 3 aromatic rings. The van der Waals surface area contributed by atoms with Crippen molar-refractivity contribution in [2.45, 2.75) is 43.8 Å². The van der Waals surface area contributed by atoms with Crippen LogP contribution in [0.1, 0.15) is 39.2 Å². The molecule has 164 valence electrons. The van der Waals surface area contributed by atoms with Crippen molar-refractivity contribution in [3.8, 4) is 17.2 Å². The molecule has 0 aliphatic rings. The maximum absolute atomic E-state index is 12.4. The maximum atomic E-state index is 12.4. The molecule has 9 heteroatoms. The van der Waals surface area contributed by atoms with E-state index in [1.165, 1.54) is 17.7 Å². The number of carbonyl (C=O) groups is 1. The molecule has 0 aliphatic heterocycles. The van der Waals surface area contributed by atoms with Crippen molar-refractivity contribution in [1.29, 1.82) is 0 Å². The molecule has 0 saturated heterocycles. The molecule has 0 saturated carbocycles. The van der Waals surface area contributed by atoms with E-state index in [9.17, 15) is 13.2 Å². The van der Waals surface area contributed by atoms with Gasteiger partial charge in [-0.3, -0.25) is 10.1 Å². The number of amides is 1. The second-order valence-electron chi connectivity index (χ2n) is 7.59. The minimum Gasteiger partial charge on any atom is -0.484 e. The smallest absolute Gasteiger partial charge is 0.322 e. The first-order valence-corrected chi connectivity index (χ1v) is 11.4. The standard InChI is InChI=1S/C22H25N3O5S/c1-14(2)16-8-10-18(11-9-16)29-13-20(26)23-22-25-24-21(30-22)17-6-5-7-19(12-17)31(27,28)15(3)4/h5-12,14-15H,13H2,1-4H3,(H,23,25,26). The molecule has 0 bridgehead atoms. The Morgan fingerprint density at radius 2 is 1.77 bits per heavy atom. The van der Waals surface area contributed by atoms with E-state index >= 15 is 0 Å². The van der Waals surface area contributed by atoms with Gasteiger partial charge in [-0.05, 0) is 55.7 Å². The van der Waals surface area contributed by atoms with Crippen LogP contribution in [0.3, 0.4) is 0 Å². The molecule has 31 heavy (non-hydrogen) atoms. The molecule has 0 unspecified atom stereocenters. The molecule has 3 rings (SSSR count). The number of nitrogens with one attached hydrogen (secondary N) is 1. The van der Waals surface area contributed by atoms with Gasteiger partial charge in [0.25, 0.3) is 5.91 Å². The number of rotatable bonds is 8. The highest BCUT2D eigenvalue weighted by molar-refractivity contribution is 7.92. The largest absolute Gasteiger partial charge is 0.484 e. The molecule has 0 aliphatic carbocycles. The Morgan fingerprint density at radius 3 is 2.42 bits per heavy atom. The summed E-state index contributed by atoms with van der Waals surface area (Å²) >= 11 is 0. The fourth-order valence-corrected chi connectivity index (χ4v) is 3.83. The van der Waals surface area contributed by atoms with Crippen LogP contribution in [0.2, 0.25) is 0 Å². The Bertz CT molecular complexity index is 1150. The molecule has 1 heterocycles. The van der Waals surface area contributed by atoms with E-state index in [2.05, 4.69) is 29.4 Å². The van der Waals surface area contributed by atoms with Gasteiger partial charge in [-0.25, -0.2) is 8.42 Å². The topological polar surface area (TPSA) is 111 Å². The molecule has 1 aromatic heterocycles. The van der Waals surface area contributed by atoms with E-state index in [0.717, 1.165) is 0 Å². The van der Waals surface area contributed by atoms with Gasteiger partial charge in [0.05, 0.1) is 10.1 Å². The van der Waals surface area contributed by atoms with Gasteiger partial charge in [0.1, 0.15) is 5.75 Å². The van der Waals surface area contributed by atoms with Crippen LogP contribution in [0.5, 0.6) is 5.75 Å². The monoisotopic (exact) mass is 443 g/mol. The van der Waals surface area contributed by atoms with Crippen molar-refractivity contribution < 1.29 is 22.4 Å². The number of aromatic nitrogens is 2. The van der Waals surface area contributed by atoms with Crippen LogP contribution in [-0.2, 0) is 14.6 Å². The lowest BCUT2D eigenvalue weighted by molar-refractivity contribution is -0.118. The van der Waals surface area contributed by atoms with Gasteiger partial charge in [0.15, 0.2) is 16.4 Å². The van der Waals surface area contributed by atoms with E-state index in [-0.39, 0.29) is 23.4 Å². The van der Waals surface area contributed by atoms with Gasteiger partial charge in [0.2, 0.25) is 5.89 Å². The summed E-state index contributed by atoms with van der Waals surface area (Å²) in [7, 11) is -3.44. The number of ether oxygens (including phenoxy) is 1. The number of hydrogen-bond acceptors (Lipinski definition) is 7. The SMILES string of the molecule is CC(C)c1ccc(OCC(=O)Nc2nnc(-c3cccc(S(=O)(=O)C(C)C)c3)o2)cc1. The van der Waals surface area contributed by atoms with Crippen molar-refractivity contribution in [2.75, 3.05) is 11.9 Å². The van der Waals surface area contributed by atoms with Crippen molar-refractivity contribution >= 4 is 21.8 Å². The Hall–Kier alpha value is -3.20. The van der Waals surface area contributed by atoms with Crippen molar-refractivity contribution in [3.05, 3.63) is 54.1 Å².